The highest BCUT2D eigenvalue weighted by atomic mass is 19.1. The molecule has 0 aliphatic heterocycles. The molecule has 45 heavy (non-hydrogen) atoms. The molecule has 0 aromatic heterocycles. The predicted octanol–water partition coefficient (Wildman–Crippen LogP) is 8.01. The van der Waals surface area contributed by atoms with Gasteiger partial charge < -0.3 is 9.47 Å². The van der Waals surface area contributed by atoms with Crippen molar-refractivity contribution < 1.29 is 28.2 Å². The molecule has 0 amide bonds. The first-order chi connectivity index (χ1) is 21.9. The molecule has 4 aromatic carbocycles. The second-order valence-electron chi connectivity index (χ2n) is 12.1. The Bertz CT molecular complexity index is 1640. The highest BCUT2D eigenvalue weighted by molar-refractivity contribution is 6.02. The van der Waals surface area contributed by atoms with E-state index in [0.29, 0.717) is 12.0 Å². The number of carbonyl (C=O) groups excluding carboxylic acids is 3. The van der Waals surface area contributed by atoms with Crippen LogP contribution in [-0.4, -0.2) is 17.7 Å². The lowest BCUT2D eigenvalue weighted by Gasteiger charge is -2.37. The van der Waals surface area contributed by atoms with Crippen molar-refractivity contribution in [3.05, 3.63) is 154 Å². The number of benzene rings is 4. The van der Waals surface area contributed by atoms with Gasteiger partial charge in [-0.3, -0.25) is 14.4 Å². The Morgan fingerprint density at radius 1 is 0.711 bits per heavy atom. The average molecular weight is 603 g/mol. The molecule has 0 heterocycles. The molecule has 0 spiro atoms. The number of Topliss-reactive ketones (excluding diaryl/α,β-unsaturated/α-hetero) is 1. The molecular formula is C39H35FO5. The van der Waals surface area contributed by atoms with Crippen LogP contribution in [0.5, 0.6) is 0 Å². The van der Waals surface area contributed by atoms with Crippen molar-refractivity contribution in [2.75, 3.05) is 0 Å². The first-order valence-corrected chi connectivity index (χ1v) is 15.3. The molecule has 0 bridgehead atoms. The van der Waals surface area contributed by atoms with E-state index in [0.717, 1.165) is 27.8 Å². The first kappa shape index (κ1) is 30.2. The molecule has 4 aromatic rings. The van der Waals surface area contributed by atoms with Crippen LogP contribution < -0.4 is 0 Å². The molecule has 6 rings (SSSR count). The normalized spacial score (nSPS) is 20.3. The van der Waals surface area contributed by atoms with E-state index in [1.54, 1.807) is 12.1 Å². The molecule has 0 fully saturated rings. The Kier molecular flexibility index (Phi) is 8.74. The highest BCUT2D eigenvalue weighted by Crippen LogP contribution is 2.56. The number of esters is 2. The second kappa shape index (κ2) is 13.0. The number of halogens is 1. The van der Waals surface area contributed by atoms with Gasteiger partial charge in [0.05, 0.1) is 0 Å². The second-order valence-corrected chi connectivity index (χ2v) is 12.1. The van der Waals surface area contributed by atoms with Gasteiger partial charge in [-0.2, -0.15) is 0 Å². The minimum absolute atomic E-state index is 0.0141. The Morgan fingerprint density at radius 2 is 1.22 bits per heavy atom. The summed E-state index contributed by atoms with van der Waals surface area (Å²) in [6.45, 7) is 2.05. The Labute approximate surface area is 262 Å². The molecule has 6 heteroatoms. The molecular weight excluding hydrogens is 567 g/mol. The fourth-order valence-corrected chi connectivity index (χ4v) is 6.97. The number of hydrogen-bond donors (Lipinski definition) is 0. The minimum atomic E-state index is -1.57. The van der Waals surface area contributed by atoms with Crippen molar-refractivity contribution in [2.24, 2.45) is 17.3 Å². The van der Waals surface area contributed by atoms with Gasteiger partial charge in [-0.25, -0.2) is 4.39 Å². The minimum Gasteiger partial charge on any atom is -0.460 e. The predicted molar refractivity (Wildman–Crippen MR) is 168 cm³/mol. The summed E-state index contributed by atoms with van der Waals surface area (Å²) < 4.78 is 25.6. The maximum absolute atomic E-state index is 14.1. The summed E-state index contributed by atoms with van der Waals surface area (Å²) in [6, 6.07) is 34.1. The zero-order chi connectivity index (χ0) is 31.4. The maximum Gasteiger partial charge on any atom is 0.324 e. The summed E-state index contributed by atoms with van der Waals surface area (Å²) >= 11 is 0. The van der Waals surface area contributed by atoms with E-state index in [-0.39, 0.29) is 49.5 Å². The summed E-state index contributed by atoms with van der Waals surface area (Å²) in [5.41, 5.74) is 3.39. The molecule has 5 nitrogen and oxygen atoms in total. The number of allylic oxidation sites excluding steroid dienone is 2. The lowest BCUT2D eigenvalue weighted by molar-refractivity contribution is -0.173. The van der Waals surface area contributed by atoms with Gasteiger partial charge in [-0.1, -0.05) is 121 Å². The molecule has 0 unspecified atom stereocenters. The summed E-state index contributed by atoms with van der Waals surface area (Å²) in [6.07, 6.45) is 0.742. The van der Waals surface area contributed by atoms with Crippen molar-refractivity contribution >= 4 is 17.7 Å². The molecule has 0 radical (unpaired) electrons. The first-order valence-electron chi connectivity index (χ1n) is 15.3. The number of hydrogen-bond acceptors (Lipinski definition) is 5. The van der Waals surface area contributed by atoms with Gasteiger partial charge in [0.25, 0.3) is 0 Å². The van der Waals surface area contributed by atoms with E-state index in [2.05, 4.69) is 0 Å². The fourth-order valence-electron chi connectivity index (χ4n) is 6.97. The van der Waals surface area contributed by atoms with Gasteiger partial charge in [0.1, 0.15) is 19.0 Å². The van der Waals surface area contributed by atoms with Crippen molar-refractivity contribution in [3.63, 3.8) is 0 Å². The average Bonchev–Trinajstić information content (AvgIpc) is 3.49. The van der Waals surface area contributed by atoms with E-state index < -0.39 is 23.3 Å². The van der Waals surface area contributed by atoms with Gasteiger partial charge in [-0.05, 0) is 59.9 Å². The lowest BCUT2D eigenvalue weighted by atomic mass is 9.65. The van der Waals surface area contributed by atoms with Crippen molar-refractivity contribution in [2.45, 2.75) is 45.3 Å². The summed E-state index contributed by atoms with van der Waals surface area (Å²) in [7, 11) is 0. The van der Waals surface area contributed by atoms with E-state index in [1.807, 2.05) is 97.9 Å². The quantitative estimate of drug-likeness (QED) is 0.0840. The van der Waals surface area contributed by atoms with E-state index in [4.69, 9.17) is 9.47 Å². The number of carbonyl (C=O) groups is 3. The Morgan fingerprint density at radius 3 is 1.76 bits per heavy atom. The summed E-state index contributed by atoms with van der Waals surface area (Å²) in [5, 5.41) is 0. The number of ketones is 1. The molecule has 0 N–H and O–H groups in total. The zero-order valence-corrected chi connectivity index (χ0v) is 25.2. The summed E-state index contributed by atoms with van der Waals surface area (Å²) in [5.74, 6) is -2.63. The summed E-state index contributed by atoms with van der Waals surface area (Å²) in [4.78, 5) is 42.1. The third kappa shape index (κ3) is 6.23. The van der Waals surface area contributed by atoms with E-state index >= 15 is 0 Å². The van der Waals surface area contributed by atoms with Crippen molar-refractivity contribution in [1.82, 2.24) is 0 Å². The molecule has 0 saturated carbocycles. The van der Waals surface area contributed by atoms with Gasteiger partial charge in [0.2, 0.25) is 0 Å². The third-order valence-electron chi connectivity index (χ3n) is 9.32. The maximum atomic E-state index is 14.1. The Balaban J connectivity index is 1.34. The molecule has 3 atom stereocenters. The molecule has 2 aliphatic rings. The molecule has 0 saturated heterocycles. The van der Waals surface area contributed by atoms with Crippen LogP contribution in [-0.2, 0) is 32.3 Å². The van der Waals surface area contributed by atoms with Crippen LogP contribution in [0.15, 0.2) is 126 Å². The van der Waals surface area contributed by atoms with Crippen LogP contribution in [0.2, 0.25) is 0 Å². The largest absolute Gasteiger partial charge is 0.460 e. The monoisotopic (exact) mass is 602 g/mol. The Hall–Kier alpha value is -4.84. The van der Waals surface area contributed by atoms with Crippen LogP contribution in [0.4, 0.5) is 4.39 Å². The van der Waals surface area contributed by atoms with Crippen molar-refractivity contribution in [3.8, 4) is 0 Å². The van der Waals surface area contributed by atoms with Gasteiger partial charge in [0, 0.05) is 11.5 Å². The third-order valence-corrected chi connectivity index (χ3v) is 9.32. The topological polar surface area (TPSA) is 69.7 Å². The molecule has 2 aliphatic carbocycles. The number of rotatable bonds is 9. The van der Waals surface area contributed by atoms with Crippen LogP contribution in [0.25, 0.3) is 0 Å². The van der Waals surface area contributed by atoms with Gasteiger partial charge >= 0.3 is 11.9 Å². The van der Waals surface area contributed by atoms with Gasteiger partial charge in [0.15, 0.2) is 11.2 Å². The zero-order valence-electron chi connectivity index (χ0n) is 25.2. The van der Waals surface area contributed by atoms with Crippen LogP contribution in [0.1, 0.15) is 59.2 Å². The lowest BCUT2D eigenvalue weighted by Crippen LogP contribution is -2.40. The van der Waals surface area contributed by atoms with Crippen molar-refractivity contribution in [1.29, 1.82) is 0 Å². The van der Waals surface area contributed by atoms with Crippen LogP contribution in [0.3, 0.4) is 0 Å². The fraction of sp³-hybridized carbons (Fsp3) is 0.256. The van der Waals surface area contributed by atoms with E-state index in [9.17, 15) is 18.8 Å². The van der Waals surface area contributed by atoms with Gasteiger partial charge in [-0.15, -0.1) is 0 Å². The highest BCUT2D eigenvalue weighted by Gasteiger charge is 2.57. The standard InChI is InChI=1S/C39H35FO5/c1-26-34-23-39(37(42)44-24-27-11-5-2-6-12-27,38(43)45-25-28-13-7-3-8-14-28)22-31(34)21-33(29-17-19-32(40)20-18-29)35(26)36(41)30-15-9-4-10-16-30/h2-20,26,33,35H,21-25H2,1H3/t26-,33-,35+/m1/s1. The smallest absolute Gasteiger partial charge is 0.324 e. The number of ether oxygens (including phenoxy) is 2. The van der Waals surface area contributed by atoms with Crippen LogP contribution in [0, 0.1) is 23.1 Å². The SMILES string of the molecule is C[C@@H]1C2=C(C[C@H](c3ccc(F)cc3)[C@H]1C(=O)c1ccccc1)CC(C(=O)OCc1ccccc1)(C(=O)OCc1ccccc1)C2. The van der Waals surface area contributed by atoms with E-state index in [1.165, 1.54) is 12.1 Å². The molecule has 228 valence electrons. The van der Waals surface area contributed by atoms with Crippen LogP contribution >= 0.6 is 0 Å².